The van der Waals surface area contributed by atoms with E-state index in [1.54, 1.807) is 31.2 Å². The molecule has 0 fully saturated rings. The molecule has 0 spiro atoms. The number of ether oxygens (including phenoxy) is 2. The van der Waals surface area contributed by atoms with E-state index in [1.165, 1.54) is 0 Å². The Morgan fingerprint density at radius 2 is 1.57 bits per heavy atom. The zero-order valence-corrected chi connectivity index (χ0v) is 11.7. The fourth-order valence-corrected chi connectivity index (χ4v) is 1.56. The Labute approximate surface area is 123 Å². The number of rotatable bonds is 6. The van der Waals surface area contributed by atoms with E-state index in [4.69, 9.17) is 9.47 Å². The minimum Gasteiger partial charge on any atom is -0.482 e. The van der Waals surface area contributed by atoms with Crippen molar-refractivity contribution in [3.05, 3.63) is 54.6 Å². The molecule has 21 heavy (non-hydrogen) atoms. The SMILES string of the molecule is CCOC(=O)COc1ccc(/N=N/c2ccccc2)cc1. The van der Waals surface area contributed by atoms with Crippen molar-refractivity contribution in [2.75, 3.05) is 13.2 Å². The molecule has 5 nitrogen and oxygen atoms in total. The van der Waals surface area contributed by atoms with Crippen LogP contribution in [0.3, 0.4) is 0 Å². The Balaban J connectivity index is 1.90. The van der Waals surface area contributed by atoms with Gasteiger partial charge in [0.2, 0.25) is 0 Å². The number of carbonyl (C=O) groups is 1. The third-order valence-corrected chi connectivity index (χ3v) is 2.54. The summed E-state index contributed by atoms with van der Waals surface area (Å²) in [5.41, 5.74) is 1.50. The lowest BCUT2D eigenvalue weighted by Gasteiger charge is -2.05. The minimum absolute atomic E-state index is 0.0985. The third-order valence-electron chi connectivity index (χ3n) is 2.54. The van der Waals surface area contributed by atoms with Crippen molar-refractivity contribution in [2.45, 2.75) is 6.92 Å². The van der Waals surface area contributed by atoms with Crippen LogP contribution in [-0.4, -0.2) is 19.2 Å². The number of nitrogens with zero attached hydrogens (tertiary/aromatic N) is 2. The highest BCUT2D eigenvalue weighted by Crippen LogP contribution is 2.21. The van der Waals surface area contributed by atoms with Gasteiger partial charge in [-0.15, -0.1) is 0 Å². The molecule has 0 aliphatic heterocycles. The largest absolute Gasteiger partial charge is 0.482 e. The summed E-state index contributed by atoms with van der Waals surface area (Å²) in [5, 5.41) is 8.23. The van der Waals surface area contributed by atoms with Gasteiger partial charge in [0.25, 0.3) is 0 Å². The molecule has 0 amide bonds. The maximum atomic E-state index is 11.2. The molecule has 0 saturated carbocycles. The third kappa shape index (κ3) is 5.06. The summed E-state index contributed by atoms with van der Waals surface area (Å²) >= 11 is 0. The Hall–Kier alpha value is -2.69. The number of carbonyl (C=O) groups excluding carboxylic acids is 1. The van der Waals surface area contributed by atoms with Crippen LogP contribution in [0.5, 0.6) is 5.75 Å². The number of hydrogen-bond donors (Lipinski definition) is 0. The van der Waals surface area contributed by atoms with E-state index >= 15 is 0 Å². The van der Waals surface area contributed by atoms with Gasteiger partial charge in [-0.2, -0.15) is 10.2 Å². The Morgan fingerprint density at radius 3 is 2.19 bits per heavy atom. The maximum absolute atomic E-state index is 11.2. The second kappa shape index (κ2) is 7.79. The van der Waals surface area contributed by atoms with Gasteiger partial charge in [-0.05, 0) is 43.3 Å². The second-order valence-electron chi connectivity index (χ2n) is 4.12. The minimum atomic E-state index is -0.384. The van der Waals surface area contributed by atoms with Crippen LogP contribution in [-0.2, 0) is 9.53 Å². The van der Waals surface area contributed by atoms with Gasteiger partial charge < -0.3 is 9.47 Å². The van der Waals surface area contributed by atoms with Crippen LogP contribution in [0.15, 0.2) is 64.8 Å². The van der Waals surface area contributed by atoms with Gasteiger partial charge in [-0.1, -0.05) is 18.2 Å². The summed E-state index contributed by atoms with van der Waals surface area (Å²) in [5.74, 6) is 0.201. The highest BCUT2D eigenvalue weighted by molar-refractivity contribution is 5.71. The van der Waals surface area contributed by atoms with Crippen LogP contribution in [0.2, 0.25) is 0 Å². The van der Waals surface area contributed by atoms with Crippen LogP contribution in [0.4, 0.5) is 11.4 Å². The number of azo groups is 1. The molecule has 0 aromatic heterocycles. The van der Waals surface area contributed by atoms with Gasteiger partial charge in [0, 0.05) is 0 Å². The van der Waals surface area contributed by atoms with E-state index in [-0.39, 0.29) is 12.6 Å². The zero-order valence-electron chi connectivity index (χ0n) is 11.7. The molecule has 0 N–H and O–H groups in total. The summed E-state index contributed by atoms with van der Waals surface area (Å²) in [6.45, 7) is 2.00. The topological polar surface area (TPSA) is 60.2 Å². The summed E-state index contributed by atoms with van der Waals surface area (Å²) in [6.07, 6.45) is 0. The second-order valence-corrected chi connectivity index (χ2v) is 4.12. The number of benzene rings is 2. The highest BCUT2D eigenvalue weighted by Gasteiger charge is 2.02. The molecule has 0 radical (unpaired) electrons. The molecule has 2 aromatic carbocycles. The Kier molecular flexibility index (Phi) is 5.46. The van der Waals surface area contributed by atoms with Crippen LogP contribution in [0.1, 0.15) is 6.92 Å². The number of esters is 1. The lowest BCUT2D eigenvalue weighted by molar-refractivity contribution is -0.145. The predicted octanol–water partition coefficient (Wildman–Crippen LogP) is 4.04. The molecule has 0 heterocycles. The normalized spacial score (nSPS) is 10.5. The molecule has 108 valence electrons. The molecule has 0 bridgehead atoms. The van der Waals surface area contributed by atoms with Crippen LogP contribution in [0.25, 0.3) is 0 Å². The van der Waals surface area contributed by atoms with Crippen molar-refractivity contribution in [3.8, 4) is 5.75 Å². The van der Waals surface area contributed by atoms with Gasteiger partial charge in [0.05, 0.1) is 18.0 Å². The molecule has 0 aliphatic carbocycles. The van der Waals surface area contributed by atoms with Gasteiger partial charge in [0.1, 0.15) is 5.75 Å². The molecule has 0 aliphatic rings. The maximum Gasteiger partial charge on any atom is 0.344 e. The quantitative estimate of drug-likeness (QED) is 0.594. The van der Waals surface area contributed by atoms with Gasteiger partial charge >= 0.3 is 5.97 Å². The van der Waals surface area contributed by atoms with Crippen LogP contribution >= 0.6 is 0 Å². The molecule has 2 rings (SSSR count). The van der Waals surface area contributed by atoms with Crippen LogP contribution < -0.4 is 4.74 Å². The van der Waals surface area contributed by atoms with Crippen molar-refractivity contribution >= 4 is 17.3 Å². The molecule has 0 saturated heterocycles. The lowest BCUT2D eigenvalue weighted by Crippen LogP contribution is -2.14. The summed E-state index contributed by atoms with van der Waals surface area (Å²) < 4.78 is 10.1. The van der Waals surface area contributed by atoms with Crippen molar-refractivity contribution < 1.29 is 14.3 Å². The molecule has 0 unspecified atom stereocenters. The summed E-state index contributed by atoms with van der Waals surface area (Å²) in [6, 6.07) is 16.5. The molecule has 2 aromatic rings. The first kappa shape index (κ1) is 14.7. The van der Waals surface area contributed by atoms with E-state index in [9.17, 15) is 4.79 Å². The van der Waals surface area contributed by atoms with E-state index in [0.29, 0.717) is 18.0 Å². The first-order valence-corrected chi connectivity index (χ1v) is 6.63. The van der Waals surface area contributed by atoms with Gasteiger partial charge in [0.15, 0.2) is 6.61 Å². The first-order chi connectivity index (χ1) is 10.3. The monoisotopic (exact) mass is 284 g/mol. The van der Waals surface area contributed by atoms with Crippen LogP contribution in [0, 0.1) is 0 Å². The van der Waals surface area contributed by atoms with Crippen molar-refractivity contribution in [3.63, 3.8) is 0 Å². The number of hydrogen-bond acceptors (Lipinski definition) is 5. The van der Waals surface area contributed by atoms with Crippen molar-refractivity contribution in [1.29, 1.82) is 0 Å². The summed E-state index contributed by atoms with van der Waals surface area (Å²) in [4.78, 5) is 11.2. The standard InChI is InChI=1S/C16H16N2O3/c1-2-20-16(19)12-21-15-10-8-14(9-11-15)18-17-13-6-4-3-5-7-13/h3-11H,2,12H2,1H3/b18-17+. The Morgan fingerprint density at radius 1 is 0.952 bits per heavy atom. The lowest BCUT2D eigenvalue weighted by atomic mass is 10.3. The smallest absolute Gasteiger partial charge is 0.344 e. The van der Waals surface area contributed by atoms with E-state index in [1.807, 2.05) is 30.3 Å². The van der Waals surface area contributed by atoms with Crippen molar-refractivity contribution in [1.82, 2.24) is 0 Å². The highest BCUT2D eigenvalue weighted by atomic mass is 16.6. The molecular weight excluding hydrogens is 268 g/mol. The molecule has 0 atom stereocenters. The van der Waals surface area contributed by atoms with E-state index in [2.05, 4.69) is 10.2 Å². The average Bonchev–Trinajstić information content (AvgIpc) is 2.53. The zero-order chi connectivity index (χ0) is 14.9. The molecule has 5 heteroatoms. The Bertz CT molecular complexity index is 595. The van der Waals surface area contributed by atoms with E-state index in [0.717, 1.165) is 5.69 Å². The van der Waals surface area contributed by atoms with Crippen molar-refractivity contribution in [2.24, 2.45) is 10.2 Å². The fraction of sp³-hybridized carbons (Fsp3) is 0.188. The predicted molar refractivity (Wildman–Crippen MR) is 79.2 cm³/mol. The van der Waals surface area contributed by atoms with E-state index < -0.39 is 0 Å². The molecular formula is C16H16N2O3. The average molecular weight is 284 g/mol. The summed E-state index contributed by atoms with van der Waals surface area (Å²) in [7, 11) is 0. The first-order valence-electron chi connectivity index (χ1n) is 6.63. The van der Waals surface area contributed by atoms with Gasteiger partial charge in [-0.3, -0.25) is 0 Å². The van der Waals surface area contributed by atoms with Gasteiger partial charge in [-0.25, -0.2) is 4.79 Å². The fourth-order valence-electron chi connectivity index (χ4n) is 1.56.